The number of methoxy groups -OCH3 is 1. The average molecular weight is 303 g/mol. The number of rotatable bonds is 2. The number of esters is 1. The molecule has 1 aromatic rings. The number of ether oxygens (including phenoxy) is 1. The highest BCUT2D eigenvalue weighted by molar-refractivity contribution is 6.34. The minimum absolute atomic E-state index is 0.149. The lowest BCUT2D eigenvalue weighted by molar-refractivity contribution is -0.266. The maximum Gasteiger partial charge on any atom is 0.432 e. The molecule has 18 heavy (non-hydrogen) atoms. The number of carbonyl (C=O) groups is 1. The largest absolute Gasteiger partial charge is 0.466 e. The maximum atomic E-state index is 12.9. The number of alkyl halides is 3. The lowest BCUT2D eigenvalue weighted by Gasteiger charge is -2.28. The topological polar surface area (TPSA) is 46.5 Å². The van der Waals surface area contributed by atoms with E-state index in [0.29, 0.717) is 0 Å². The zero-order valence-electron chi connectivity index (χ0n) is 8.89. The van der Waals surface area contributed by atoms with E-state index >= 15 is 0 Å². The quantitative estimate of drug-likeness (QED) is 0.855. The minimum atomic E-state index is -5.27. The van der Waals surface area contributed by atoms with Gasteiger partial charge in [0.15, 0.2) is 0 Å². The fourth-order valence-corrected chi connectivity index (χ4v) is 1.83. The van der Waals surface area contributed by atoms with Gasteiger partial charge < -0.3 is 9.84 Å². The zero-order valence-corrected chi connectivity index (χ0v) is 10.4. The Hall–Kier alpha value is -0.980. The van der Waals surface area contributed by atoms with E-state index in [4.69, 9.17) is 23.2 Å². The third kappa shape index (κ3) is 2.55. The van der Waals surface area contributed by atoms with Gasteiger partial charge in [-0.25, -0.2) is 4.79 Å². The van der Waals surface area contributed by atoms with Gasteiger partial charge in [-0.3, -0.25) is 0 Å². The first-order chi connectivity index (χ1) is 8.12. The molecule has 0 fully saturated rings. The number of halogens is 5. The third-order valence-corrected chi connectivity index (χ3v) is 2.61. The van der Waals surface area contributed by atoms with Crippen molar-refractivity contribution in [2.24, 2.45) is 0 Å². The van der Waals surface area contributed by atoms with Crippen LogP contribution in [0.2, 0.25) is 10.0 Å². The molecule has 1 aromatic carbocycles. The van der Waals surface area contributed by atoms with Crippen LogP contribution >= 0.6 is 23.2 Å². The molecule has 1 unspecified atom stereocenters. The van der Waals surface area contributed by atoms with Crippen molar-refractivity contribution in [1.29, 1.82) is 0 Å². The van der Waals surface area contributed by atoms with Gasteiger partial charge in [-0.2, -0.15) is 13.2 Å². The summed E-state index contributed by atoms with van der Waals surface area (Å²) in [6.07, 6.45) is -5.27. The standard InChI is InChI=1S/C10H7Cl2F3O3/c1-18-8(16)9(17,10(13,14)15)5-2-6(11)4-7(12)3-5/h2-4,17H,1H3. The Kier molecular flexibility index (Phi) is 4.15. The fourth-order valence-electron chi connectivity index (χ4n) is 1.31. The lowest BCUT2D eigenvalue weighted by Crippen LogP contribution is -2.49. The molecular formula is C10H7Cl2F3O3. The summed E-state index contributed by atoms with van der Waals surface area (Å²) in [5.41, 5.74) is -4.62. The molecule has 0 aliphatic carbocycles. The van der Waals surface area contributed by atoms with Crippen LogP contribution < -0.4 is 0 Å². The van der Waals surface area contributed by atoms with Crippen LogP contribution in [0.25, 0.3) is 0 Å². The van der Waals surface area contributed by atoms with E-state index in [0.717, 1.165) is 19.2 Å². The van der Waals surface area contributed by atoms with Crippen molar-refractivity contribution in [1.82, 2.24) is 0 Å². The lowest BCUT2D eigenvalue weighted by atomic mass is 9.93. The van der Waals surface area contributed by atoms with Gasteiger partial charge in [-0.15, -0.1) is 0 Å². The summed E-state index contributed by atoms with van der Waals surface area (Å²) >= 11 is 11.1. The van der Waals surface area contributed by atoms with Gasteiger partial charge in [0.25, 0.3) is 5.60 Å². The molecule has 3 nitrogen and oxygen atoms in total. The molecule has 1 atom stereocenters. The predicted octanol–water partition coefficient (Wildman–Crippen LogP) is 2.92. The molecule has 8 heteroatoms. The fraction of sp³-hybridized carbons (Fsp3) is 0.300. The highest BCUT2D eigenvalue weighted by Crippen LogP contribution is 2.41. The normalized spacial score (nSPS) is 15.1. The number of hydrogen-bond acceptors (Lipinski definition) is 3. The van der Waals surface area contributed by atoms with Gasteiger partial charge in [0, 0.05) is 15.6 Å². The van der Waals surface area contributed by atoms with Crippen LogP contribution in [0.4, 0.5) is 13.2 Å². The molecule has 0 aromatic heterocycles. The number of carbonyl (C=O) groups excluding carboxylic acids is 1. The van der Waals surface area contributed by atoms with Crippen molar-refractivity contribution in [2.45, 2.75) is 11.8 Å². The van der Waals surface area contributed by atoms with Crippen LogP contribution in [-0.2, 0) is 15.1 Å². The van der Waals surface area contributed by atoms with Crippen molar-refractivity contribution in [3.05, 3.63) is 33.8 Å². The third-order valence-electron chi connectivity index (χ3n) is 2.17. The first kappa shape index (κ1) is 15.1. The van der Waals surface area contributed by atoms with Gasteiger partial charge >= 0.3 is 12.1 Å². The Bertz CT molecular complexity index is 456. The molecule has 1 rings (SSSR count). The monoisotopic (exact) mass is 302 g/mol. The van der Waals surface area contributed by atoms with Crippen LogP contribution in [-0.4, -0.2) is 24.4 Å². The Labute approximate surface area is 110 Å². The Morgan fingerprint density at radius 3 is 2.00 bits per heavy atom. The van der Waals surface area contributed by atoms with Crippen LogP contribution in [0.15, 0.2) is 18.2 Å². The predicted molar refractivity (Wildman–Crippen MR) is 58.4 cm³/mol. The van der Waals surface area contributed by atoms with Gasteiger partial charge in [0.1, 0.15) is 0 Å². The summed E-state index contributed by atoms with van der Waals surface area (Å²) in [7, 11) is 0.727. The van der Waals surface area contributed by atoms with Gasteiger partial charge in [-0.1, -0.05) is 23.2 Å². The van der Waals surface area contributed by atoms with E-state index in [1.54, 1.807) is 0 Å². The molecule has 0 saturated heterocycles. The average Bonchev–Trinajstić information content (AvgIpc) is 2.23. The van der Waals surface area contributed by atoms with Gasteiger partial charge in [0.05, 0.1) is 7.11 Å². The van der Waals surface area contributed by atoms with Crippen molar-refractivity contribution in [3.63, 3.8) is 0 Å². The summed E-state index contributed by atoms with van der Waals surface area (Å²) in [5, 5.41) is 9.32. The van der Waals surface area contributed by atoms with E-state index in [9.17, 15) is 23.1 Å². The Balaban J connectivity index is 3.49. The highest BCUT2D eigenvalue weighted by Gasteiger charge is 2.62. The molecule has 0 radical (unpaired) electrons. The van der Waals surface area contributed by atoms with Crippen molar-refractivity contribution in [2.75, 3.05) is 7.11 Å². The molecule has 0 bridgehead atoms. The van der Waals surface area contributed by atoms with Crippen LogP contribution in [0, 0.1) is 0 Å². The highest BCUT2D eigenvalue weighted by atomic mass is 35.5. The molecule has 1 N–H and O–H groups in total. The molecule has 0 heterocycles. The molecule has 0 aliphatic rings. The molecule has 0 spiro atoms. The first-order valence-corrected chi connectivity index (χ1v) is 5.22. The molecule has 100 valence electrons. The summed E-state index contributed by atoms with van der Waals surface area (Å²) in [4.78, 5) is 11.2. The van der Waals surface area contributed by atoms with E-state index in [1.807, 2.05) is 0 Å². The molecule has 0 aliphatic heterocycles. The van der Waals surface area contributed by atoms with E-state index in [-0.39, 0.29) is 10.0 Å². The maximum absolute atomic E-state index is 12.9. The second-order valence-electron chi connectivity index (χ2n) is 3.36. The summed E-state index contributed by atoms with van der Waals surface area (Å²) < 4.78 is 42.5. The van der Waals surface area contributed by atoms with Crippen molar-refractivity contribution >= 4 is 29.2 Å². The minimum Gasteiger partial charge on any atom is -0.466 e. The summed E-state index contributed by atoms with van der Waals surface area (Å²) in [6.45, 7) is 0. The molecule has 0 amide bonds. The second-order valence-corrected chi connectivity index (χ2v) is 4.23. The van der Waals surface area contributed by atoms with Crippen molar-refractivity contribution in [3.8, 4) is 0 Å². The van der Waals surface area contributed by atoms with Crippen LogP contribution in [0.5, 0.6) is 0 Å². The zero-order chi connectivity index (χ0) is 14.1. The van der Waals surface area contributed by atoms with Crippen molar-refractivity contribution < 1.29 is 27.8 Å². The SMILES string of the molecule is COC(=O)C(O)(c1cc(Cl)cc(Cl)c1)C(F)(F)F. The van der Waals surface area contributed by atoms with Gasteiger partial charge in [0.2, 0.25) is 0 Å². The molecule has 0 saturated carbocycles. The van der Waals surface area contributed by atoms with E-state index in [1.165, 1.54) is 6.07 Å². The second kappa shape index (κ2) is 4.95. The van der Waals surface area contributed by atoms with E-state index in [2.05, 4.69) is 4.74 Å². The summed E-state index contributed by atoms with van der Waals surface area (Å²) in [5.74, 6) is -1.87. The first-order valence-electron chi connectivity index (χ1n) is 4.47. The Morgan fingerprint density at radius 1 is 1.22 bits per heavy atom. The van der Waals surface area contributed by atoms with Gasteiger partial charge in [-0.05, 0) is 18.2 Å². The number of hydrogen-bond donors (Lipinski definition) is 1. The van der Waals surface area contributed by atoms with Crippen LogP contribution in [0.1, 0.15) is 5.56 Å². The smallest absolute Gasteiger partial charge is 0.432 e. The number of aliphatic hydroxyl groups is 1. The molecular weight excluding hydrogens is 296 g/mol. The number of benzene rings is 1. The van der Waals surface area contributed by atoms with E-state index < -0.39 is 23.3 Å². The van der Waals surface area contributed by atoms with Crippen LogP contribution in [0.3, 0.4) is 0 Å². The summed E-state index contributed by atoms with van der Waals surface area (Å²) in [6, 6.07) is 2.75. The Morgan fingerprint density at radius 2 is 1.67 bits per heavy atom.